The number of nitrogens with one attached hydrogen (secondary N) is 1. The summed E-state index contributed by atoms with van der Waals surface area (Å²) in [6, 6.07) is 6.03. The second-order valence-electron chi connectivity index (χ2n) is 7.56. The highest BCUT2D eigenvalue weighted by Gasteiger charge is 2.45. The molecular weight excluding hydrogens is 456 g/mol. The zero-order valence-electron chi connectivity index (χ0n) is 16.3. The summed E-state index contributed by atoms with van der Waals surface area (Å²) < 4.78 is 12.4. The van der Waals surface area contributed by atoms with E-state index in [1.807, 2.05) is 19.1 Å². The highest BCUT2D eigenvalue weighted by Crippen LogP contribution is 2.48. The number of hydrogen-bond acceptors (Lipinski definition) is 7. The number of ether oxygens (including phenoxy) is 1. The molecule has 1 spiro atoms. The van der Waals surface area contributed by atoms with E-state index in [0.29, 0.717) is 16.6 Å². The van der Waals surface area contributed by atoms with Crippen LogP contribution >= 0.6 is 27.7 Å². The van der Waals surface area contributed by atoms with Gasteiger partial charge in [-0.2, -0.15) is 0 Å². The monoisotopic (exact) mass is 478 g/mol. The molecule has 2 aliphatic rings. The second kappa shape index (κ2) is 8.02. The van der Waals surface area contributed by atoms with Gasteiger partial charge in [0.25, 0.3) is 5.91 Å². The smallest absolute Gasteiger partial charge is 0.273 e. The standard InChI is InChI=1S/C20H23BrN4O3S/c1-11(24-18(26)17-12(2)27-10-23-17)3-5-14-8-20(9-29-19(22)25-20)15-7-13(21)4-6-16(15)28-14/h4,6-7,10-11,14H,3,5,8-9H2,1-2H3,(H2,22,25)(H,24,26)/t11?,14-,20?/m0/s1. The van der Waals surface area contributed by atoms with Gasteiger partial charge in [-0.15, -0.1) is 0 Å². The minimum atomic E-state index is -0.346. The van der Waals surface area contributed by atoms with Crippen molar-refractivity contribution in [2.24, 2.45) is 10.7 Å². The van der Waals surface area contributed by atoms with Gasteiger partial charge in [-0.1, -0.05) is 27.7 Å². The zero-order valence-corrected chi connectivity index (χ0v) is 18.7. The first-order chi connectivity index (χ1) is 13.9. The Balaban J connectivity index is 1.43. The maximum atomic E-state index is 12.3. The quantitative estimate of drug-likeness (QED) is 0.677. The van der Waals surface area contributed by atoms with Gasteiger partial charge in [0, 0.05) is 28.3 Å². The van der Waals surface area contributed by atoms with Crippen LogP contribution in [0, 0.1) is 6.92 Å². The molecule has 3 N–H and O–H groups in total. The summed E-state index contributed by atoms with van der Waals surface area (Å²) in [7, 11) is 0. The number of carbonyl (C=O) groups is 1. The van der Waals surface area contributed by atoms with Gasteiger partial charge in [-0.25, -0.2) is 4.98 Å². The van der Waals surface area contributed by atoms with Crippen LogP contribution in [0.5, 0.6) is 5.75 Å². The molecule has 2 unspecified atom stereocenters. The molecule has 2 aromatic rings. The van der Waals surface area contributed by atoms with Crippen molar-refractivity contribution in [3.05, 3.63) is 46.1 Å². The summed E-state index contributed by atoms with van der Waals surface area (Å²) in [4.78, 5) is 21.1. The number of amides is 1. The summed E-state index contributed by atoms with van der Waals surface area (Å²) in [6.07, 6.45) is 3.64. The third-order valence-corrected chi connectivity index (χ3v) is 6.85. The first kappa shape index (κ1) is 20.3. The minimum absolute atomic E-state index is 0.00654. The summed E-state index contributed by atoms with van der Waals surface area (Å²) in [5.41, 5.74) is 7.08. The SMILES string of the molecule is Cc1ocnc1C(=O)NC(C)CC[C@H]1CC2(CSC(N)=N2)c2cc(Br)ccc2O1. The van der Waals surface area contributed by atoms with Gasteiger partial charge in [0.2, 0.25) is 0 Å². The maximum absolute atomic E-state index is 12.3. The third-order valence-electron chi connectivity index (χ3n) is 5.34. The van der Waals surface area contributed by atoms with Crippen LogP contribution in [0.4, 0.5) is 0 Å². The molecule has 4 rings (SSSR count). The van der Waals surface area contributed by atoms with Gasteiger partial charge in [0.05, 0.1) is 0 Å². The van der Waals surface area contributed by atoms with Crippen LogP contribution in [0.1, 0.15) is 48.0 Å². The number of rotatable bonds is 5. The number of fused-ring (bicyclic) bond motifs is 2. The van der Waals surface area contributed by atoms with Crippen molar-refractivity contribution in [3.8, 4) is 5.75 Å². The summed E-state index contributed by atoms with van der Waals surface area (Å²) in [5.74, 6) is 1.98. The molecule has 3 atom stereocenters. The Bertz CT molecular complexity index is 963. The van der Waals surface area contributed by atoms with Crippen LogP contribution in [0.15, 0.2) is 38.5 Å². The molecule has 1 amide bonds. The molecule has 2 aliphatic heterocycles. The Morgan fingerprint density at radius 3 is 3.03 bits per heavy atom. The van der Waals surface area contributed by atoms with Gasteiger partial charge in [0.1, 0.15) is 23.2 Å². The molecule has 154 valence electrons. The summed E-state index contributed by atoms with van der Waals surface area (Å²) >= 11 is 5.14. The first-order valence-electron chi connectivity index (χ1n) is 9.52. The molecule has 7 nitrogen and oxygen atoms in total. The largest absolute Gasteiger partial charge is 0.490 e. The molecule has 9 heteroatoms. The Morgan fingerprint density at radius 2 is 2.34 bits per heavy atom. The van der Waals surface area contributed by atoms with Crippen LogP contribution in [0.25, 0.3) is 0 Å². The predicted octanol–water partition coefficient (Wildman–Crippen LogP) is 3.75. The molecular formula is C20H23BrN4O3S. The lowest BCUT2D eigenvalue weighted by molar-refractivity contribution is 0.0916. The van der Waals surface area contributed by atoms with E-state index in [0.717, 1.165) is 40.8 Å². The van der Waals surface area contributed by atoms with Crippen LogP contribution in [-0.2, 0) is 5.54 Å². The molecule has 1 aromatic carbocycles. The third kappa shape index (κ3) is 4.16. The number of benzene rings is 1. The van der Waals surface area contributed by atoms with Crippen LogP contribution in [-0.4, -0.2) is 34.0 Å². The number of amidine groups is 1. The normalized spacial score (nSPS) is 24.0. The predicted molar refractivity (Wildman–Crippen MR) is 116 cm³/mol. The van der Waals surface area contributed by atoms with Crippen molar-refractivity contribution in [2.45, 2.75) is 50.8 Å². The minimum Gasteiger partial charge on any atom is -0.490 e. The van der Waals surface area contributed by atoms with Gasteiger partial charge >= 0.3 is 0 Å². The molecule has 29 heavy (non-hydrogen) atoms. The van der Waals surface area contributed by atoms with Crippen LogP contribution < -0.4 is 15.8 Å². The number of oxazole rings is 1. The van der Waals surface area contributed by atoms with E-state index in [9.17, 15) is 4.79 Å². The lowest BCUT2D eigenvalue weighted by Crippen LogP contribution is -2.39. The number of carbonyl (C=O) groups excluding carboxylic acids is 1. The number of thioether (sulfide) groups is 1. The zero-order chi connectivity index (χ0) is 20.6. The number of halogens is 1. The van der Waals surface area contributed by atoms with E-state index in [-0.39, 0.29) is 23.6 Å². The van der Waals surface area contributed by atoms with E-state index in [4.69, 9.17) is 19.9 Å². The lowest BCUT2D eigenvalue weighted by Gasteiger charge is -2.38. The topological polar surface area (TPSA) is 103 Å². The Kier molecular flexibility index (Phi) is 5.61. The Morgan fingerprint density at radius 1 is 1.52 bits per heavy atom. The van der Waals surface area contributed by atoms with Crippen molar-refractivity contribution in [3.63, 3.8) is 0 Å². The van der Waals surface area contributed by atoms with E-state index < -0.39 is 0 Å². The number of aliphatic imine (C=N–C) groups is 1. The molecule has 0 saturated heterocycles. The van der Waals surface area contributed by atoms with Gasteiger partial charge < -0.3 is 20.2 Å². The van der Waals surface area contributed by atoms with Crippen molar-refractivity contribution < 1.29 is 13.9 Å². The average Bonchev–Trinajstić information content (AvgIpc) is 3.27. The number of nitrogens with two attached hydrogens (primary N) is 1. The number of hydrogen-bond donors (Lipinski definition) is 2. The van der Waals surface area contributed by atoms with Gasteiger partial charge in [-0.05, 0) is 44.9 Å². The van der Waals surface area contributed by atoms with Gasteiger partial charge in [0.15, 0.2) is 17.3 Å². The van der Waals surface area contributed by atoms with Crippen molar-refractivity contribution in [1.82, 2.24) is 10.3 Å². The fourth-order valence-corrected chi connectivity index (χ4v) is 5.20. The Hall–Kier alpha value is -2.00. The van der Waals surface area contributed by atoms with E-state index in [2.05, 4.69) is 32.3 Å². The fraction of sp³-hybridized carbons (Fsp3) is 0.450. The molecule has 3 heterocycles. The molecule has 1 aromatic heterocycles. The molecule has 0 bridgehead atoms. The van der Waals surface area contributed by atoms with Gasteiger partial charge in [-0.3, -0.25) is 9.79 Å². The van der Waals surface area contributed by atoms with Crippen molar-refractivity contribution in [2.75, 3.05) is 5.75 Å². The molecule has 0 radical (unpaired) electrons. The number of aryl methyl sites for hydroxylation is 1. The maximum Gasteiger partial charge on any atom is 0.273 e. The van der Waals surface area contributed by atoms with E-state index in [1.54, 1.807) is 18.7 Å². The Labute approximate surface area is 182 Å². The molecule has 0 aliphatic carbocycles. The molecule has 0 fully saturated rings. The van der Waals surface area contributed by atoms with E-state index >= 15 is 0 Å². The highest BCUT2D eigenvalue weighted by molar-refractivity contribution is 9.10. The van der Waals surface area contributed by atoms with Crippen LogP contribution in [0.3, 0.4) is 0 Å². The second-order valence-corrected chi connectivity index (χ2v) is 9.48. The lowest BCUT2D eigenvalue weighted by atomic mass is 9.82. The average molecular weight is 479 g/mol. The van der Waals surface area contributed by atoms with Crippen molar-refractivity contribution in [1.29, 1.82) is 0 Å². The number of nitrogens with zero attached hydrogens (tertiary/aromatic N) is 2. The van der Waals surface area contributed by atoms with E-state index in [1.165, 1.54) is 6.39 Å². The summed E-state index contributed by atoms with van der Waals surface area (Å²) in [5, 5.41) is 3.61. The van der Waals surface area contributed by atoms with Crippen LogP contribution in [0.2, 0.25) is 0 Å². The first-order valence-corrected chi connectivity index (χ1v) is 11.3. The highest BCUT2D eigenvalue weighted by atomic mass is 79.9. The number of aromatic nitrogens is 1. The summed E-state index contributed by atoms with van der Waals surface area (Å²) in [6.45, 7) is 3.71. The fourth-order valence-electron chi connectivity index (χ4n) is 3.87. The van der Waals surface area contributed by atoms with Crippen molar-refractivity contribution >= 4 is 38.8 Å². The molecule has 0 saturated carbocycles.